The number of hydrogen-bond acceptors (Lipinski definition) is 4. The predicted octanol–water partition coefficient (Wildman–Crippen LogP) is 3.34. The second-order valence-electron chi connectivity index (χ2n) is 4.77. The summed E-state index contributed by atoms with van der Waals surface area (Å²) < 4.78 is 13.8. The molecule has 7 heteroatoms. The van der Waals surface area contributed by atoms with Gasteiger partial charge in [-0.1, -0.05) is 13.8 Å². The van der Waals surface area contributed by atoms with Crippen LogP contribution in [0.15, 0.2) is 28.9 Å². The summed E-state index contributed by atoms with van der Waals surface area (Å²) in [6.07, 6.45) is 1.40. The molecule has 0 spiro atoms. The fourth-order valence-corrected chi connectivity index (χ4v) is 1.99. The Bertz CT molecular complexity index is 691. The number of nitrogens with zero attached hydrogens (tertiary/aromatic N) is 2. The van der Waals surface area contributed by atoms with Gasteiger partial charge >= 0.3 is 0 Å². The van der Waals surface area contributed by atoms with Crippen molar-refractivity contribution in [3.8, 4) is 0 Å². The molecule has 2 aromatic rings. The first-order valence-corrected chi connectivity index (χ1v) is 7.06. The topological polar surface area (TPSA) is 80.9 Å². The summed E-state index contributed by atoms with van der Waals surface area (Å²) in [6, 6.07) is 4.01. The summed E-state index contributed by atoms with van der Waals surface area (Å²) in [5.74, 6) is -0.374. The minimum absolute atomic E-state index is 0.0676. The molecule has 5 nitrogen and oxygen atoms in total. The molecule has 21 heavy (non-hydrogen) atoms. The number of halogens is 2. The monoisotopic (exact) mass is 352 g/mol. The van der Waals surface area contributed by atoms with Crippen molar-refractivity contribution >= 4 is 33.2 Å². The number of rotatable bonds is 3. The Morgan fingerprint density at radius 3 is 2.81 bits per heavy atom. The maximum Gasteiger partial charge on any atom is 0.276 e. The van der Waals surface area contributed by atoms with Crippen LogP contribution in [0.1, 0.15) is 36.1 Å². The molecule has 110 valence electrons. The Morgan fingerprint density at radius 1 is 1.43 bits per heavy atom. The molecule has 0 saturated carbocycles. The minimum atomic E-state index is -0.511. The molecule has 2 rings (SSSR count). The Balaban J connectivity index is 2.32. The van der Waals surface area contributed by atoms with Crippen LogP contribution >= 0.6 is 15.9 Å². The minimum Gasteiger partial charge on any atom is -0.396 e. The van der Waals surface area contributed by atoms with Gasteiger partial charge in [-0.2, -0.15) is 0 Å². The molecule has 0 saturated heterocycles. The first-order valence-electron chi connectivity index (χ1n) is 6.27. The smallest absolute Gasteiger partial charge is 0.276 e. The van der Waals surface area contributed by atoms with Gasteiger partial charge in [-0.3, -0.25) is 4.79 Å². The Morgan fingerprint density at radius 2 is 2.14 bits per heavy atom. The summed E-state index contributed by atoms with van der Waals surface area (Å²) in [7, 11) is 0. The van der Waals surface area contributed by atoms with Crippen molar-refractivity contribution in [1.29, 1.82) is 0 Å². The zero-order valence-electron chi connectivity index (χ0n) is 11.5. The fourth-order valence-electron chi connectivity index (χ4n) is 1.64. The molecule has 1 amide bonds. The lowest BCUT2D eigenvalue weighted by molar-refractivity contribution is 0.102. The average molecular weight is 353 g/mol. The lowest BCUT2D eigenvalue weighted by atomic mass is 10.2. The molecule has 1 heterocycles. The molecule has 0 atom stereocenters. The quantitative estimate of drug-likeness (QED) is 0.887. The van der Waals surface area contributed by atoms with Gasteiger partial charge in [0, 0.05) is 10.4 Å². The summed E-state index contributed by atoms with van der Waals surface area (Å²) in [6.45, 7) is 3.83. The number of nitrogen functional groups attached to an aromatic ring is 1. The number of benzene rings is 1. The number of carbonyl (C=O) groups is 1. The Hall–Kier alpha value is -2.02. The number of carbonyl (C=O) groups excluding carboxylic acids is 1. The highest BCUT2D eigenvalue weighted by atomic mass is 79.9. The van der Waals surface area contributed by atoms with E-state index in [-0.39, 0.29) is 17.3 Å². The normalized spacial score (nSPS) is 10.7. The van der Waals surface area contributed by atoms with Crippen LogP contribution < -0.4 is 11.1 Å². The number of nitrogens with two attached hydrogens (primary N) is 1. The summed E-state index contributed by atoms with van der Waals surface area (Å²) in [5, 5.41) is 2.58. The maximum atomic E-state index is 13.2. The number of hydrogen-bond donors (Lipinski definition) is 2. The molecule has 0 fully saturated rings. The van der Waals surface area contributed by atoms with Crippen LogP contribution in [0.3, 0.4) is 0 Å². The van der Waals surface area contributed by atoms with Gasteiger partial charge in [0.1, 0.15) is 11.6 Å². The predicted molar refractivity (Wildman–Crippen MR) is 82.6 cm³/mol. The highest BCUT2D eigenvalue weighted by Crippen LogP contribution is 2.24. The van der Waals surface area contributed by atoms with Crippen molar-refractivity contribution in [2.24, 2.45) is 0 Å². The van der Waals surface area contributed by atoms with E-state index in [1.54, 1.807) is 0 Å². The first-order chi connectivity index (χ1) is 9.88. The zero-order chi connectivity index (χ0) is 15.6. The Labute approximate surface area is 129 Å². The fraction of sp³-hybridized carbons (Fsp3) is 0.214. The van der Waals surface area contributed by atoms with Crippen LogP contribution in [-0.4, -0.2) is 15.9 Å². The molecule has 0 radical (unpaired) electrons. The van der Waals surface area contributed by atoms with E-state index in [9.17, 15) is 9.18 Å². The van der Waals surface area contributed by atoms with Crippen molar-refractivity contribution < 1.29 is 9.18 Å². The summed E-state index contributed by atoms with van der Waals surface area (Å²) in [5.41, 5.74) is 6.29. The number of aromatic nitrogens is 2. The van der Waals surface area contributed by atoms with Crippen LogP contribution in [-0.2, 0) is 0 Å². The van der Waals surface area contributed by atoms with Gasteiger partial charge in [-0.05, 0) is 34.1 Å². The van der Waals surface area contributed by atoms with Crippen LogP contribution in [0.5, 0.6) is 0 Å². The van der Waals surface area contributed by atoms with Crippen molar-refractivity contribution in [1.82, 2.24) is 9.97 Å². The van der Waals surface area contributed by atoms with Crippen LogP contribution in [0.4, 0.5) is 15.8 Å². The highest BCUT2D eigenvalue weighted by Gasteiger charge is 2.16. The molecule has 0 aliphatic rings. The molecular formula is C14H14BrFN4O. The van der Waals surface area contributed by atoms with E-state index < -0.39 is 11.7 Å². The van der Waals surface area contributed by atoms with Gasteiger partial charge in [0.2, 0.25) is 0 Å². The molecule has 3 N–H and O–H groups in total. The van der Waals surface area contributed by atoms with Crippen molar-refractivity contribution in [2.75, 3.05) is 11.1 Å². The van der Waals surface area contributed by atoms with Gasteiger partial charge in [0.15, 0.2) is 5.69 Å². The van der Waals surface area contributed by atoms with E-state index in [1.165, 1.54) is 24.4 Å². The zero-order valence-corrected chi connectivity index (χ0v) is 13.1. The number of amides is 1. The molecule has 0 bridgehead atoms. The van der Waals surface area contributed by atoms with Gasteiger partial charge in [0.05, 0.1) is 17.6 Å². The largest absolute Gasteiger partial charge is 0.396 e. The molecule has 1 aromatic carbocycles. The lowest BCUT2D eigenvalue weighted by Gasteiger charge is -2.10. The summed E-state index contributed by atoms with van der Waals surface area (Å²) >= 11 is 3.24. The average Bonchev–Trinajstić information content (AvgIpc) is 2.43. The maximum absolute atomic E-state index is 13.2. The molecule has 0 aliphatic carbocycles. The van der Waals surface area contributed by atoms with E-state index in [4.69, 9.17) is 5.73 Å². The van der Waals surface area contributed by atoms with Gasteiger partial charge in [-0.25, -0.2) is 14.4 Å². The third-order valence-electron chi connectivity index (χ3n) is 2.74. The number of nitrogens with one attached hydrogen (secondary N) is 1. The Kier molecular flexibility index (Phi) is 4.52. The third-order valence-corrected chi connectivity index (χ3v) is 3.44. The SMILES string of the molecule is CC(C)c1ncc(N)c(C(=O)Nc2cc(F)ccc2Br)n1. The third kappa shape index (κ3) is 3.55. The van der Waals surface area contributed by atoms with Gasteiger partial charge < -0.3 is 11.1 Å². The van der Waals surface area contributed by atoms with E-state index in [1.807, 2.05) is 13.8 Å². The van der Waals surface area contributed by atoms with Crippen LogP contribution in [0, 0.1) is 5.82 Å². The van der Waals surface area contributed by atoms with E-state index in [0.29, 0.717) is 16.0 Å². The molecule has 1 aromatic heterocycles. The molecular weight excluding hydrogens is 339 g/mol. The highest BCUT2D eigenvalue weighted by molar-refractivity contribution is 9.10. The van der Waals surface area contributed by atoms with Gasteiger partial charge in [-0.15, -0.1) is 0 Å². The molecule has 0 unspecified atom stereocenters. The van der Waals surface area contributed by atoms with Crippen molar-refractivity contribution in [2.45, 2.75) is 19.8 Å². The van der Waals surface area contributed by atoms with Crippen molar-refractivity contribution in [3.63, 3.8) is 0 Å². The second-order valence-corrected chi connectivity index (χ2v) is 5.62. The summed E-state index contributed by atoms with van der Waals surface area (Å²) in [4.78, 5) is 20.5. The van der Waals surface area contributed by atoms with E-state index in [2.05, 4.69) is 31.2 Å². The van der Waals surface area contributed by atoms with Gasteiger partial charge in [0.25, 0.3) is 5.91 Å². The van der Waals surface area contributed by atoms with E-state index in [0.717, 1.165) is 0 Å². The standard InChI is InChI=1S/C14H14BrFN4O/c1-7(2)13-18-6-10(17)12(20-13)14(21)19-11-5-8(16)3-4-9(11)15/h3-7H,17H2,1-2H3,(H,19,21). The van der Waals surface area contributed by atoms with Crippen LogP contribution in [0.2, 0.25) is 0 Å². The van der Waals surface area contributed by atoms with E-state index >= 15 is 0 Å². The van der Waals surface area contributed by atoms with Crippen LogP contribution in [0.25, 0.3) is 0 Å². The second kappa shape index (κ2) is 6.17. The first kappa shape index (κ1) is 15.4. The number of anilines is 2. The van der Waals surface area contributed by atoms with Crippen molar-refractivity contribution in [3.05, 3.63) is 46.2 Å². The lowest BCUT2D eigenvalue weighted by Crippen LogP contribution is -2.18. The molecule has 0 aliphatic heterocycles.